The largest absolute Gasteiger partial charge is 0.472 e. The molecule has 0 aliphatic carbocycles. The molecule has 9 nitrogen and oxygen atoms in total. The highest BCUT2D eigenvalue weighted by Crippen LogP contribution is 2.43. The van der Waals surface area contributed by atoms with Gasteiger partial charge in [0.1, 0.15) is 0 Å². The normalized spacial score (nSPS) is 15.5. The molecule has 4 atom stereocenters. The van der Waals surface area contributed by atoms with Gasteiger partial charge in [-0.1, -0.05) is 127 Å². The standard InChI is InChI=1S/C36H69N2O7P/c1-3-5-7-9-11-12-13-14-15-16-17-18-19-20-22-23-25-27-33(39)31-36(41)38-34(32-45-46(42,43)44-30-29-37)35(40)28-26-24-21-10-8-6-4-2/h8,10,16-17,26,28,33-35,39-40H,3-7,9,11-15,18-25,27,29-32,37H2,1-2H3,(H,38,41)(H,42,43)/b10-8+,17-16-,28-26+. The number of unbranched alkanes of at least 4 members (excludes halogenated alkanes) is 15. The third-order valence-corrected chi connectivity index (χ3v) is 8.71. The van der Waals surface area contributed by atoms with Gasteiger partial charge in [0, 0.05) is 6.54 Å². The van der Waals surface area contributed by atoms with Crippen molar-refractivity contribution in [1.29, 1.82) is 0 Å². The first-order valence-corrected chi connectivity index (χ1v) is 19.7. The number of phosphoric ester groups is 1. The summed E-state index contributed by atoms with van der Waals surface area (Å²) in [5.74, 6) is -0.467. The highest BCUT2D eigenvalue weighted by Gasteiger charge is 2.27. The second kappa shape index (κ2) is 32.2. The summed E-state index contributed by atoms with van der Waals surface area (Å²) < 4.78 is 21.8. The fraction of sp³-hybridized carbons (Fsp3) is 0.806. The summed E-state index contributed by atoms with van der Waals surface area (Å²) in [4.78, 5) is 22.5. The summed E-state index contributed by atoms with van der Waals surface area (Å²) in [6.45, 7) is 3.80. The van der Waals surface area contributed by atoms with Crippen molar-refractivity contribution in [3.63, 3.8) is 0 Å². The van der Waals surface area contributed by atoms with Crippen LogP contribution in [0.2, 0.25) is 0 Å². The number of carbonyl (C=O) groups is 1. The van der Waals surface area contributed by atoms with E-state index < -0.39 is 38.6 Å². The third-order valence-electron chi connectivity index (χ3n) is 7.72. The number of hydrogen-bond donors (Lipinski definition) is 5. The second-order valence-electron chi connectivity index (χ2n) is 12.3. The Morgan fingerprint density at radius 3 is 1.89 bits per heavy atom. The van der Waals surface area contributed by atoms with E-state index in [1.807, 2.05) is 0 Å². The lowest BCUT2D eigenvalue weighted by molar-refractivity contribution is -0.124. The summed E-state index contributed by atoms with van der Waals surface area (Å²) in [6.07, 6.45) is 32.6. The van der Waals surface area contributed by atoms with Crippen molar-refractivity contribution in [3.8, 4) is 0 Å². The molecule has 0 saturated carbocycles. The van der Waals surface area contributed by atoms with Crippen LogP contribution in [0.25, 0.3) is 0 Å². The van der Waals surface area contributed by atoms with Gasteiger partial charge in [-0.05, 0) is 51.4 Å². The highest BCUT2D eigenvalue weighted by atomic mass is 31.2. The zero-order valence-electron chi connectivity index (χ0n) is 29.2. The molecule has 0 aliphatic heterocycles. The van der Waals surface area contributed by atoms with Gasteiger partial charge in [-0.2, -0.15) is 0 Å². The van der Waals surface area contributed by atoms with Gasteiger partial charge in [-0.3, -0.25) is 13.8 Å². The monoisotopic (exact) mass is 672 g/mol. The Labute approximate surface area is 281 Å². The summed E-state index contributed by atoms with van der Waals surface area (Å²) in [7, 11) is -4.39. The number of hydrogen-bond acceptors (Lipinski definition) is 7. The fourth-order valence-electron chi connectivity index (χ4n) is 4.96. The van der Waals surface area contributed by atoms with Gasteiger partial charge in [-0.15, -0.1) is 0 Å². The van der Waals surface area contributed by atoms with Crippen LogP contribution in [-0.4, -0.2) is 59.0 Å². The van der Waals surface area contributed by atoms with Crippen LogP contribution in [0.3, 0.4) is 0 Å². The first-order chi connectivity index (χ1) is 22.3. The zero-order valence-corrected chi connectivity index (χ0v) is 30.1. The molecule has 270 valence electrons. The van der Waals surface area contributed by atoms with Crippen LogP contribution in [0.15, 0.2) is 36.5 Å². The molecule has 0 rings (SSSR count). The molecule has 0 fully saturated rings. The maximum atomic E-state index is 12.7. The van der Waals surface area contributed by atoms with Gasteiger partial charge < -0.3 is 26.2 Å². The molecule has 4 unspecified atom stereocenters. The van der Waals surface area contributed by atoms with Crippen LogP contribution in [0, 0.1) is 0 Å². The molecule has 46 heavy (non-hydrogen) atoms. The van der Waals surface area contributed by atoms with Crippen molar-refractivity contribution in [3.05, 3.63) is 36.5 Å². The molecule has 0 aliphatic rings. The number of nitrogens with one attached hydrogen (secondary N) is 1. The van der Waals surface area contributed by atoms with Crippen molar-refractivity contribution in [2.75, 3.05) is 19.8 Å². The van der Waals surface area contributed by atoms with Crippen LogP contribution < -0.4 is 11.1 Å². The predicted octanol–water partition coefficient (Wildman–Crippen LogP) is 8.19. The zero-order chi connectivity index (χ0) is 34.1. The predicted molar refractivity (Wildman–Crippen MR) is 190 cm³/mol. The topological polar surface area (TPSA) is 151 Å². The van der Waals surface area contributed by atoms with Crippen LogP contribution in [0.4, 0.5) is 0 Å². The second-order valence-corrected chi connectivity index (χ2v) is 13.7. The molecule has 0 spiro atoms. The molecule has 0 radical (unpaired) electrons. The van der Waals surface area contributed by atoms with Crippen LogP contribution in [0.5, 0.6) is 0 Å². The lowest BCUT2D eigenvalue weighted by Gasteiger charge is -2.24. The Morgan fingerprint density at radius 1 is 0.739 bits per heavy atom. The molecular weight excluding hydrogens is 603 g/mol. The van der Waals surface area contributed by atoms with Gasteiger partial charge >= 0.3 is 7.82 Å². The van der Waals surface area contributed by atoms with Crippen LogP contribution in [-0.2, 0) is 18.4 Å². The van der Waals surface area contributed by atoms with Gasteiger partial charge in [0.05, 0.1) is 37.9 Å². The maximum absolute atomic E-state index is 12.7. The Morgan fingerprint density at radius 2 is 1.28 bits per heavy atom. The molecule has 0 aromatic rings. The van der Waals surface area contributed by atoms with Gasteiger partial charge in [0.2, 0.25) is 5.91 Å². The van der Waals surface area contributed by atoms with Crippen molar-refractivity contribution in [2.24, 2.45) is 5.73 Å². The quantitative estimate of drug-likeness (QED) is 0.0266. The molecule has 0 heterocycles. The Hall–Kier alpha value is -1.32. The van der Waals surface area contributed by atoms with Gasteiger partial charge in [-0.25, -0.2) is 4.57 Å². The average molecular weight is 673 g/mol. The number of rotatable bonds is 33. The summed E-state index contributed by atoms with van der Waals surface area (Å²) >= 11 is 0. The van der Waals surface area contributed by atoms with E-state index in [1.54, 1.807) is 6.08 Å². The SMILES string of the molecule is CCC/C=C/CC/C=C/C(O)C(COP(=O)(O)OCCN)NC(=O)CC(O)CCCCCCC/C=C\CCCCCCCCCC. The smallest absolute Gasteiger partial charge is 0.393 e. The Balaban J connectivity index is 4.30. The number of amides is 1. The molecule has 6 N–H and O–H groups in total. The summed E-state index contributed by atoms with van der Waals surface area (Å²) in [5.41, 5.74) is 5.32. The van der Waals surface area contributed by atoms with Crippen molar-refractivity contribution < 1.29 is 33.5 Å². The van der Waals surface area contributed by atoms with E-state index in [0.717, 1.165) is 51.4 Å². The van der Waals surface area contributed by atoms with Gasteiger partial charge in [0.15, 0.2) is 0 Å². The maximum Gasteiger partial charge on any atom is 0.472 e. The molecule has 0 saturated heterocycles. The Kier molecular flexibility index (Phi) is 31.3. The van der Waals surface area contributed by atoms with E-state index >= 15 is 0 Å². The Bertz CT molecular complexity index is 837. The summed E-state index contributed by atoms with van der Waals surface area (Å²) in [5, 5.41) is 23.7. The number of aliphatic hydroxyl groups is 2. The number of aliphatic hydroxyl groups excluding tert-OH is 2. The molecular formula is C36H69N2O7P. The van der Waals surface area contributed by atoms with Crippen molar-refractivity contribution >= 4 is 13.7 Å². The average Bonchev–Trinajstić information content (AvgIpc) is 3.03. The number of nitrogens with two attached hydrogens (primary N) is 1. The van der Waals surface area contributed by atoms with Crippen molar-refractivity contribution in [2.45, 2.75) is 167 Å². The first kappa shape index (κ1) is 44.7. The first-order valence-electron chi connectivity index (χ1n) is 18.2. The van der Waals surface area contributed by atoms with Crippen LogP contribution in [0.1, 0.15) is 149 Å². The van der Waals surface area contributed by atoms with E-state index in [9.17, 15) is 24.5 Å². The van der Waals surface area contributed by atoms with Crippen molar-refractivity contribution in [1.82, 2.24) is 5.32 Å². The number of phosphoric acid groups is 1. The molecule has 10 heteroatoms. The number of allylic oxidation sites excluding steroid dienone is 5. The lowest BCUT2D eigenvalue weighted by Crippen LogP contribution is -2.46. The number of carbonyl (C=O) groups excluding carboxylic acids is 1. The van der Waals surface area contributed by atoms with E-state index in [-0.39, 0.29) is 19.6 Å². The van der Waals surface area contributed by atoms with Crippen LogP contribution >= 0.6 is 7.82 Å². The molecule has 0 bridgehead atoms. The lowest BCUT2D eigenvalue weighted by atomic mass is 10.0. The molecule has 0 aromatic heterocycles. The van der Waals surface area contributed by atoms with Gasteiger partial charge in [0.25, 0.3) is 0 Å². The minimum absolute atomic E-state index is 0.0425. The minimum atomic E-state index is -4.39. The molecule has 1 amide bonds. The molecule has 0 aromatic carbocycles. The van der Waals surface area contributed by atoms with E-state index in [0.29, 0.717) is 12.8 Å². The highest BCUT2D eigenvalue weighted by molar-refractivity contribution is 7.47. The third kappa shape index (κ3) is 30.0. The van der Waals surface area contributed by atoms with E-state index in [2.05, 4.69) is 43.5 Å². The fourth-order valence-corrected chi connectivity index (χ4v) is 5.72. The summed E-state index contributed by atoms with van der Waals surface area (Å²) in [6, 6.07) is -0.997. The van der Waals surface area contributed by atoms with E-state index in [4.69, 9.17) is 14.8 Å². The van der Waals surface area contributed by atoms with E-state index in [1.165, 1.54) is 70.3 Å². The minimum Gasteiger partial charge on any atom is -0.393 e.